The van der Waals surface area contributed by atoms with Crippen molar-refractivity contribution in [1.82, 2.24) is 14.7 Å². The molecule has 1 unspecified atom stereocenters. The minimum absolute atomic E-state index is 0.00273. The Morgan fingerprint density at radius 3 is 2.48 bits per heavy atom. The normalized spacial score (nSPS) is 18.7. The van der Waals surface area contributed by atoms with Crippen molar-refractivity contribution in [2.45, 2.75) is 24.3 Å². The van der Waals surface area contributed by atoms with Crippen molar-refractivity contribution in [3.8, 4) is 0 Å². The zero-order valence-electron chi connectivity index (χ0n) is 16.6. The molecular formula is C22H28ClN3O2S. The third kappa shape index (κ3) is 5.65. The Morgan fingerprint density at radius 1 is 1.17 bits per heavy atom. The van der Waals surface area contributed by atoms with Crippen LogP contribution in [0.15, 0.2) is 49.6 Å². The molecule has 0 spiro atoms. The Hall–Kier alpha value is -1.76. The first-order valence-electron chi connectivity index (χ1n) is 9.94. The number of benzene rings is 1. The molecule has 5 nitrogen and oxygen atoms in total. The number of hydrogen-bond acceptors (Lipinski definition) is 4. The van der Waals surface area contributed by atoms with E-state index in [0.29, 0.717) is 30.7 Å². The third-order valence-corrected chi connectivity index (χ3v) is 6.76. The summed E-state index contributed by atoms with van der Waals surface area (Å²) in [5, 5.41) is 0.620. The van der Waals surface area contributed by atoms with E-state index in [1.165, 1.54) is 0 Å². The second kappa shape index (κ2) is 10.3. The molecule has 0 radical (unpaired) electrons. The maximum atomic E-state index is 13.2. The van der Waals surface area contributed by atoms with Crippen molar-refractivity contribution in [2.24, 2.45) is 0 Å². The lowest BCUT2D eigenvalue weighted by Crippen LogP contribution is -2.46. The van der Waals surface area contributed by atoms with Gasteiger partial charge < -0.3 is 9.80 Å². The van der Waals surface area contributed by atoms with Crippen LogP contribution in [0.2, 0.25) is 5.02 Å². The molecule has 1 atom stereocenters. The maximum absolute atomic E-state index is 13.2. The zero-order valence-corrected chi connectivity index (χ0v) is 18.2. The molecule has 3 rings (SSSR count). The van der Waals surface area contributed by atoms with Crippen LogP contribution in [0.3, 0.4) is 0 Å². The molecule has 1 aromatic carbocycles. The Balaban J connectivity index is 1.66. The minimum Gasteiger partial charge on any atom is -0.334 e. The van der Waals surface area contributed by atoms with Crippen molar-refractivity contribution in [1.29, 1.82) is 0 Å². The van der Waals surface area contributed by atoms with Gasteiger partial charge in [0.05, 0.1) is 13.1 Å². The fraction of sp³-hybridized carbons (Fsp3) is 0.455. The van der Waals surface area contributed by atoms with Gasteiger partial charge in [-0.25, -0.2) is 0 Å². The topological polar surface area (TPSA) is 43.9 Å². The summed E-state index contributed by atoms with van der Waals surface area (Å²) in [5.41, 5.74) is 0.974. The first-order valence-corrected chi connectivity index (χ1v) is 11.4. The van der Waals surface area contributed by atoms with Gasteiger partial charge >= 0.3 is 0 Å². The molecule has 2 amide bonds. The van der Waals surface area contributed by atoms with Gasteiger partial charge in [0.2, 0.25) is 11.8 Å². The van der Waals surface area contributed by atoms with Crippen LogP contribution >= 0.6 is 23.4 Å². The van der Waals surface area contributed by atoms with Crippen LogP contribution in [0, 0.1) is 0 Å². The molecule has 1 aliphatic heterocycles. The molecule has 1 aliphatic carbocycles. The molecule has 2 fully saturated rings. The van der Waals surface area contributed by atoms with E-state index < -0.39 is 0 Å². The fourth-order valence-electron chi connectivity index (χ4n) is 3.54. The first-order chi connectivity index (χ1) is 14.0. The summed E-state index contributed by atoms with van der Waals surface area (Å²) in [4.78, 5) is 31.5. The van der Waals surface area contributed by atoms with Gasteiger partial charge in [0, 0.05) is 42.0 Å². The zero-order chi connectivity index (χ0) is 20.8. The SMILES string of the molecule is C=CCN(CC=C)C(=O)CN(CC(=O)N1CCSC1c1ccccc1Cl)C1CC1. The number of halogens is 1. The van der Waals surface area contributed by atoms with Gasteiger partial charge in [0.1, 0.15) is 5.37 Å². The number of nitrogens with zero attached hydrogens (tertiary/aromatic N) is 3. The van der Waals surface area contributed by atoms with E-state index in [9.17, 15) is 9.59 Å². The summed E-state index contributed by atoms with van der Waals surface area (Å²) in [7, 11) is 0. The number of carbonyl (C=O) groups excluding carboxylic acids is 2. The lowest BCUT2D eigenvalue weighted by Gasteiger charge is -2.29. The molecule has 1 aromatic rings. The molecule has 1 heterocycles. The second-order valence-corrected chi connectivity index (χ2v) is 8.94. The molecule has 1 saturated heterocycles. The monoisotopic (exact) mass is 433 g/mol. The van der Waals surface area contributed by atoms with Gasteiger partial charge in [0.15, 0.2) is 0 Å². The summed E-state index contributed by atoms with van der Waals surface area (Å²) in [6, 6.07) is 8.01. The van der Waals surface area contributed by atoms with Crippen LogP contribution in [-0.2, 0) is 9.59 Å². The molecule has 7 heteroatoms. The molecule has 2 aliphatic rings. The van der Waals surface area contributed by atoms with Crippen LogP contribution in [-0.4, -0.2) is 71.0 Å². The molecule has 1 saturated carbocycles. The molecule has 0 aromatic heterocycles. The smallest absolute Gasteiger partial charge is 0.237 e. The average molecular weight is 434 g/mol. The Labute approximate surface area is 182 Å². The van der Waals surface area contributed by atoms with Gasteiger partial charge in [-0.05, 0) is 18.9 Å². The minimum atomic E-state index is -0.0639. The van der Waals surface area contributed by atoms with E-state index in [1.54, 1.807) is 28.8 Å². The molecule has 0 N–H and O–H groups in total. The highest BCUT2D eigenvalue weighted by Crippen LogP contribution is 2.41. The molecular weight excluding hydrogens is 406 g/mol. The summed E-state index contributed by atoms with van der Waals surface area (Å²) in [6.07, 6.45) is 5.49. The van der Waals surface area contributed by atoms with E-state index in [4.69, 9.17) is 11.6 Å². The fourth-order valence-corrected chi connectivity index (χ4v) is 5.16. The number of amides is 2. The number of carbonyl (C=O) groups is 2. The highest BCUT2D eigenvalue weighted by molar-refractivity contribution is 7.99. The van der Waals surface area contributed by atoms with E-state index >= 15 is 0 Å². The Morgan fingerprint density at radius 2 is 1.86 bits per heavy atom. The van der Waals surface area contributed by atoms with Crippen molar-refractivity contribution in [3.05, 3.63) is 60.2 Å². The van der Waals surface area contributed by atoms with Crippen molar-refractivity contribution in [2.75, 3.05) is 38.5 Å². The van der Waals surface area contributed by atoms with Crippen LogP contribution in [0.25, 0.3) is 0 Å². The quantitative estimate of drug-likeness (QED) is 0.529. The van der Waals surface area contributed by atoms with Gasteiger partial charge in [-0.2, -0.15) is 0 Å². The summed E-state index contributed by atoms with van der Waals surface area (Å²) in [6.45, 7) is 9.61. The first kappa shape index (κ1) is 21.9. The van der Waals surface area contributed by atoms with Crippen LogP contribution < -0.4 is 0 Å². The number of thioether (sulfide) groups is 1. The van der Waals surface area contributed by atoms with E-state index in [2.05, 4.69) is 13.2 Å². The average Bonchev–Trinajstić information content (AvgIpc) is 3.44. The predicted octanol–water partition coefficient (Wildman–Crippen LogP) is 3.58. The maximum Gasteiger partial charge on any atom is 0.237 e. The van der Waals surface area contributed by atoms with Crippen molar-refractivity contribution >= 4 is 35.2 Å². The van der Waals surface area contributed by atoms with E-state index in [-0.39, 0.29) is 30.3 Å². The van der Waals surface area contributed by atoms with Crippen LogP contribution in [0.5, 0.6) is 0 Å². The Kier molecular flexibility index (Phi) is 7.81. The largest absolute Gasteiger partial charge is 0.334 e. The van der Waals surface area contributed by atoms with Gasteiger partial charge in [-0.3, -0.25) is 14.5 Å². The van der Waals surface area contributed by atoms with Crippen LogP contribution in [0.4, 0.5) is 0 Å². The highest BCUT2D eigenvalue weighted by atomic mass is 35.5. The molecule has 0 bridgehead atoms. The predicted molar refractivity (Wildman–Crippen MR) is 120 cm³/mol. The summed E-state index contributed by atoms with van der Waals surface area (Å²) < 4.78 is 0. The third-order valence-electron chi connectivity index (χ3n) is 5.17. The molecule has 156 valence electrons. The Bertz CT molecular complexity index is 758. The second-order valence-electron chi connectivity index (χ2n) is 7.34. The number of hydrogen-bond donors (Lipinski definition) is 0. The lowest BCUT2D eigenvalue weighted by atomic mass is 10.2. The van der Waals surface area contributed by atoms with Gasteiger partial charge in [0.25, 0.3) is 0 Å². The standard InChI is InChI=1S/C22H28ClN3O2S/c1-3-11-24(12-4-2)20(27)15-25(17-9-10-17)16-21(28)26-13-14-29-22(26)18-7-5-6-8-19(18)23/h3-8,17,22H,1-2,9-16H2. The van der Waals surface area contributed by atoms with Crippen molar-refractivity contribution < 1.29 is 9.59 Å². The van der Waals surface area contributed by atoms with Gasteiger partial charge in [-0.1, -0.05) is 42.0 Å². The molecule has 29 heavy (non-hydrogen) atoms. The van der Waals surface area contributed by atoms with E-state index in [1.807, 2.05) is 34.1 Å². The summed E-state index contributed by atoms with van der Waals surface area (Å²) in [5.74, 6) is 0.942. The van der Waals surface area contributed by atoms with Gasteiger partial charge in [-0.15, -0.1) is 24.9 Å². The lowest BCUT2D eigenvalue weighted by molar-refractivity contribution is -0.135. The highest BCUT2D eigenvalue weighted by Gasteiger charge is 2.37. The van der Waals surface area contributed by atoms with Crippen LogP contribution in [0.1, 0.15) is 23.8 Å². The number of rotatable bonds is 10. The van der Waals surface area contributed by atoms with Crippen molar-refractivity contribution in [3.63, 3.8) is 0 Å². The summed E-state index contributed by atoms with van der Waals surface area (Å²) >= 11 is 8.11. The van der Waals surface area contributed by atoms with E-state index in [0.717, 1.165) is 24.2 Å².